The summed E-state index contributed by atoms with van der Waals surface area (Å²) >= 11 is 0. The van der Waals surface area contributed by atoms with Gasteiger partial charge in [-0.3, -0.25) is 9.11 Å². The van der Waals surface area contributed by atoms with E-state index in [9.17, 15) is 16.8 Å². The van der Waals surface area contributed by atoms with E-state index in [0.717, 1.165) is 0 Å². The Bertz CT molecular complexity index is 404. The van der Waals surface area contributed by atoms with E-state index in [0.29, 0.717) is 0 Å². The van der Waals surface area contributed by atoms with Gasteiger partial charge in [0.25, 0.3) is 10.1 Å². The molecule has 0 fully saturated rings. The fraction of sp³-hybridized carbons (Fsp3) is 1.00. The van der Waals surface area contributed by atoms with Crippen LogP contribution in [0.2, 0.25) is 0 Å². The van der Waals surface area contributed by atoms with Gasteiger partial charge in [-0.25, -0.2) is 0 Å². The van der Waals surface area contributed by atoms with Gasteiger partial charge in [0, 0.05) is 0 Å². The molecule has 1 atom stereocenters. The van der Waals surface area contributed by atoms with Crippen LogP contribution in [0.15, 0.2) is 0 Å². The van der Waals surface area contributed by atoms with Crippen molar-refractivity contribution < 1.29 is 36.2 Å². The summed E-state index contributed by atoms with van der Waals surface area (Å²) in [6.45, 7) is 1.43. The van der Waals surface area contributed by atoms with Gasteiger partial charge >= 0.3 is 15.2 Å². The average molecular weight is 264 g/mol. The molecule has 0 aliphatic carbocycles. The lowest BCUT2D eigenvalue weighted by Crippen LogP contribution is -2.52. The number of hydrogen-bond donors (Lipinski definition) is 4. The molecule has 0 aliphatic rings. The van der Waals surface area contributed by atoms with Crippen molar-refractivity contribution in [2.24, 2.45) is 0 Å². The second kappa shape index (κ2) is 4.31. The molecule has 1 unspecified atom stereocenters. The molecule has 8 nitrogen and oxygen atoms in total. The smallest absolute Gasteiger partial charge is 0.323 e. The Morgan fingerprint density at radius 1 is 1.13 bits per heavy atom. The molecule has 0 aromatic heterocycles. The highest BCUT2D eigenvalue weighted by atomic mass is 32.2. The third-order valence-corrected chi connectivity index (χ3v) is 4.19. The van der Waals surface area contributed by atoms with Crippen LogP contribution in [0.25, 0.3) is 0 Å². The first kappa shape index (κ1) is 14.7. The van der Waals surface area contributed by atoms with E-state index in [2.05, 4.69) is 0 Å². The van der Waals surface area contributed by atoms with E-state index in [1.807, 2.05) is 0 Å². The van der Waals surface area contributed by atoms with Gasteiger partial charge in [-0.1, -0.05) is 13.3 Å². The summed E-state index contributed by atoms with van der Waals surface area (Å²) in [5, 5.41) is 11.6. The van der Waals surface area contributed by atoms with Crippen LogP contribution >= 0.6 is 0 Å². The maximum atomic E-state index is 10.7. The van der Waals surface area contributed by atoms with Crippen molar-refractivity contribution in [2.45, 2.75) is 30.1 Å². The van der Waals surface area contributed by atoms with E-state index >= 15 is 0 Å². The van der Waals surface area contributed by atoms with Crippen molar-refractivity contribution in [3.8, 4) is 0 Å². The predicted molar refractivity (Wildman–Crippen MR) is 49.0 cm³/mol. The van der Waals surface area contributed by atoms with Gasteiger partial charge < -0.3 is 10.2 Å². The lowest BCUT2D eigenvalue weighted by Gasteiger charge is -2.25. The summed E-state index contributed by atoms with van der Waals surface area (Å²) in [7, 11) is -10.4. The van der Waals surface area contributed by atoms with E-state index < -0.39 is 37.0 Å². The van der Waals surface area contributed by atoms with Crippen LogP contribution < -0.4 is 0 Å². The fourth-order valence-electron chi connectivity index (χ4n) is 0.959. The van der Waals surface area contributed by atoms with Crippen LogP contribution in [-0.2, 0) is 20.2 Å². The molecule has 0 aromatic rings. The van der Waals surface area contributed by atoms with Gasteiger partial charge in [0.1, 0.15) is 0 Å². The van der Waals surface area contributed by atoms with Crippen molar-refractivity contribution in [1.82, 2.24) is 0 Å². The molecule has 0 saturated carbocycles. The molecule has 0 heterocycles. The molecule has 0 spiro atoms. The normalized spacial score (nSPS) is 16.3. The Morgan fingerprint density at radius 2 is 1.53 bits per heavy atom. The van der Waals surface area contributed by atoms with E-state index in [1.165, 1.54) is 6.92 Å². The summed E-state index contributed by atoms with van der Waals surface area (Å²) in [6, 6.07) is 0. The van der Waals surface area contributed by atoms with Crippen LogP contribution in [0.3, 0.4) is 0 Å². The predicted octanol–water partition coefficient (Wildman–Crippen LogP) is -1.43. The monoisotopic (exact) mass is 264 g/mol. The molecule has 0 rings (SSSR count). The van der Waals surface area contributed by atoms with Gasteiger partial charge in [0.2, 0.25) is 0 Å². The van der Waals surface area contributed by atoms with Crippen LogP contribution in [0.5, 0.6) is 0 Å². The minimum atomic E-state index is -5.43. The molecule has 0 radical (unpaired) electrons. The van der Waals surface area contributed by atoms with Gasteiger partial charge in [-0.15, -0.1) is 0 Å². The number of hydrogen-bond acceptors (Lipinski definition) is 6. The van der Waals surface area contributed by atoms with Crippen molar-refractivity contribution >= 4 is 20.2 Å². The van der Waals surface area contributed by atoms with Crippen molar-refractivity contribution in [3.05, 3.63) is 0 Å². The highest BCUT2D eigenvalue weighted by Crippen LogP contribution is 2.24. The van der Waals surface area contributed by atoms with Crippen molar-refractivity contribution in [3.63, 3.8) is 0 Å². The zero-order valence-corrected chi connectivity index (χ0v) is 9.36. The molecule has 92 valence electrons. The standard InChI is InChI=1S/C5H12O8S2/c1-2-3-4(14(8,9)10)5(6,7)15(11,12)13/h4,6-7H,2-3H2,1H3,(H,8,9,10)(H,11,12,13). The molecule has 0 bridgehead atoms. The maximum Gasteiger partial charge on any atom is 0.323 e. The quantitative estimate of drug-likeness (QED) is 0.348. The summed E-state index contributed by atoms with van der Waals surface area (Å²) in [4.78, 5) is 0. The molecule has 15 heavy (non-hydrogen) atoms. The molecule has 0 aliphatic heterocycles. The lowest BCUT2D eigenvalue weighted by atomic mass is 10.2. The third-order valence-electron chi connectivity index (χ3n) is 1.71. The summed E-state index contributed by atoms with van der Waals surface area (Å²) in [5.41, 5.74) is 0. The SMILES string of the molecule is CCCC(C(O)(O)S(=O)(=O)O)S(=O)(=O)O. The molecule has 4 N–H and O–H groups in total. The number of rotatable bonds is 5. The largest absolute Gasteiger partial charge is 0.351 e. The summed E-state index contributed by atoms with van der Waals surface area (Å²) in [6.07, 6.45) is -0.478. The average Bonchev–Trinajstić information content (AvgIpc) is 1.95. The van der Waals surface area contributed by atoms with Crippen LogP contribution in [0.1, 0.15) is 19.8 Å². The topological polar surface area (TPSA) is 149 Å². The number of aliphatic hydroxyl groups is 2. The third kappa shape index (κ3) is 3.36. The zero-order chi connectivity index (χ0) is 12.5. The van der Waals surface area contributed by atoms with Crippen LogP contribution in [0, 0.1) is 0 Å². The first-order valence-electron chi connectivity index (χ1n) is 3.82. The Hall–Kier alpha value is -0.260. The molecular weight excluding hydrogens is 252 g/mol. The first-order chi connectivity index (χ1) is 6.44. The Balaban J connectivity index is 5.48. The molecule has 0 saturated heterocycles. The summed E-state index contributed by atoms with van der Waals surface area (Å²) in [5.74, 6) is 0. The maximum absolute atomic E-state index is 10.7. The highest BCUT2D eigenvalue weighted by molar-refractivity contribution is 7.90. The van der Waals surface area contributed by atoms with Gasteiger partial charge in [0.05, 0.1) is 0 Å². The zero-order valence-electron chi connectivity index (χ0n) is 7.73. The minimum Gasteiger partial charge on any atom is -0.351 e. The van der Waals surface area contributed by atoms with Crippen LogP contribution in [0.4, 0.5) is 0 Å². The van der Waals surface area contributed by atoms with Gasteiger partial charge in [0.15, 0.2) is 5.25 Å². The molecule has 10 heteroatoms. The second-order valence-electron chi connectivity index (χ2n) is 2.93. The van der Waals surface area contributed by atoms with E-state index in [1.54, 1.807) is 0 Å². The van der Waals surface area contributed by atoms with Gasteiger partial charge in [-0.05, 0) is 6.42 Å². The Kier molecular flexibility index (Phi) is 4.24. The fourth-order valence-corrected chi connectivity index (χ4v) is 3.06. The Labute approximate surface area is 87.0 Å². The van der Waals surface area contributed by atoms with Crippen LogP contribution in [-0.4, -0.2) is 46.5 Å². The van der Waals surface area contributed by atoms with Crippen molar-refractivity contribution in [2.75, 3.05) is 0 Å². The summed E-state index contributed by atoms with van der Waals surface area (Å²) < 4.78 is 59.3. The minimum absolute atomic E-state index is 0.0584. The molecule has 0 amide bonds. The van der Waals surface area contributed by atoms with Gasteiger partial charge in [-0.2, -0.15) is 16.8 Å². The lowest BCUT2D eigenvalue weighted by molar-refractivity contribution is -0.0948. The highest BCUT2D eigenvalue weighted by Gasteiger charge is 2.52. The first-order valence-corrected chi connectivity index (χ1v) is 6.77. The molecular formula is C5H12O8S2. The Morgan fingerprint density at radius 3 is 1.73 bits per heavy atom. The van der Waals surface area contributed by atoms with E-state index in [4.69, 9.17) is 19.3 Å². The second-order valence-corrected chi connectivity index (χ2v) is 6.08. The van der Waals surface area contributed by atoms with E-state index in [-0.39, 0.29) is 6.42 Å². The molecule has 0 aromatic carbocycles. The van der Waals surface area contributed by atoms with Crippen molar-refractivity contribution in [1.29, 1.82) is 0 Å².